The molecule has 0 bridgehead atoms. The molecule has 18 heavy (non-hydrogen) atoms. The summed E-state index contributed by atoms with van der Waals surface area (Å²) in [6, 6.07) is 1.77. The van der Waals surface area contributed by atoms with Crippen LogP contribution in [0.5, 0.6) is 0 Å². The fraction of sp³-hybridized carbons (Fsp3) is 0.636. The van der Waals surface area contributed by atoms with Gasteiger partial charge in [0.1, 0.15) is 12.3 Å². The van der Waals surface area contributed by atoms with Gasteiger partial charge in [0.2, 0.25) is 0 Å². The number of hydrogen-bond donors (Lipinski definition) is 2. The van der Waals surface area contributed by atoms with Crippen molar-refractivity contribution in [3.05, 3.63) is 12.3 Å². The van der Waals surface area contributed by atoms with Crippen LogP contribution >= 0.6 is 0 Å². The Morgan fingerprint density at radius 3 is 3.11 bits per heavy atom. The topological polar surface area (TPSA) is 75.4 Å². The van der Waals surface area contributed by atoms with Crippen LogP contribution < -0.4 is 22.3 Å². The van der Waals surface area contributed by atoms with Crippen LogP contribution in [-0.4, -0.2) is 53.4 Å². The number of aliphatic hydroxyl groups is 1. The van der Waals surface area contributed by atoms with Crippen molar-refractivity contribution >= 4 is 11.7 Å². The molecular formula is C11H18BrN3O3. The van der Waals surface area contributed by atoms with Crippen molar-refractivity contribution in [2.45, 2.75) is 18.9 Å². The molecule has 1 aromatic rings. The molecule has 2 heterocycles. The summed E-state index contributed by atoms with van der Waals surface area (Å²) in [6.45, 7) is 1.42. The van der Waals surface area contributed by atoms with E-state index in [1.807, 2.05) is 7.05 Å². The number of quaternary nitrogens is 1. The van der Waals surface area contributed by atoms with Crippen LogP contribution in [0.4, 0.5) is 5.82 Å². The van der Waals surface area contributed by atoms with Crippen LogP contribution in [-0.2, 0) is 4.79 Å². The molecular weight excluding hydrogens is 302 g/mol. The van der Waals surface area contributed by atoms with Crippen molar-refractivity contribution in [1.29, 1.82) is 0 Å². The van der Waals surface area contributed by atoms with Gasteiger partial charge in [0.25, 0.3) is 5.91 Å². The lowest BCUT2D eigenvalue weighted by Gasteiger charge is -2.34. The van der Waals surface area contributed by atoms with Crippen LogP contribution in [0.15, 0.2) is 16.9 Å². The van der Waals surface area contributed by atoms with Gasteiger partial charge in [0, 0.05) is 18.9 Å². The van der Waals surface area contributed by atoms with E-state index in [0.29, 0.717) is 16.8 Å². The molecule has 2 N–H and O–H groups in total. The second-order valence-corrected chi connectivity index (χ2v) is 4.77. The van der Waals surface area contributed by atoms with E-state index in [1.165, 1.54) is 6.26 Å². The Morgan fingerprint density at radius 2 is 2.50 bits per heavy atom. The standard InChI is InChI=1S/C11H17N3O3.BrH/c1-14(5-2-3-9(14)8-15)7-11(16)12-10-4-6-17-13-10;/h4,6,9,15H,2-3,5,7-8H2,1H3;1H. The molecule has 1 fully saturated rings. The van der Waals surface area contributed by atoms with Crippen LogP contribution in [0, 0.1) is 0 Å². The first-order valence-electron chi connectivity index (χ1n) is 5.79. The molecule has 0 aliphatic carbocycles. The number of nitrogens with one attached hydrogen (secondary N) is 1. The zero-order valence-electron chi connectivity index (χ0n) is 10.3. The number of likely N-dealkylation sites (N-methyl/N-ethyl adjacent to an activating group) is 1. The van der Waals surface area contributed by atoms with Gasteiger partial charge in [-0.05, 0) is 0 Å². The summed E-state index contributed by atoms with van der Waals surface area (Å²) in [5.74, 6) is 0.336. The fourth-order valence-electron chi connectivity index (χ4n) is 2.47. The highest BCUT2D eigenvalue weighted by Gasteiger charge is 2.39. The van der Waals surface area contributed by atoms with Gasteiger partial charge in [-0.3, -0.25) is 4.79 Å². The highest BCUT2D eigenvalue weighted by molar-refractivity contribution is 5.90. The largest absolute Gasteiger partial charge is 1.00 e. The second-order valence-electron chi connectivity index (χ2n) is 4.77. The van der Waals surface area contributed by atoms with Crippen molar-refractivity contribution in [3.8, 4) is 0 Å². The molecule has 0 aromatic carbocycles. The Labute approximate surface area is 116 Å². The summed E-state index contributed by atoms with van der Waals surface area (Å²) < 4.78 is 5.24. The molecule has 1 amide bonds. The summed E-state index contributed by atoms with van der Waals surface area (Å²) in [5, 5.41) is 15.6. The van der Waals surface area contributed by atoms with Gasteiger partial charge in [0.05, 0.1) is 20.2 Å². The van der Waals surface area contributed by atoms with E-state index >= 15 is 0 Å². The number of anilines is 1. The van der Waals surface area contributed by atoms with E-state index in [-0.39, 0.29) is 35.5 Å². The van der Waals surface area contributed by atoms with Crippen molar-refractivity contribution in [1.82, 2.24) is 5.16 Å². The Bertz CT molecular complexity index is 385. The SMILES string of the molecule is C[N+]1(CC(=O)Nc2ccon2)CCCC1CO.[Br-]. The number of amides is 1. The predicted molar refractivity (Wildman–Crippen MR) is 61.2 cm³/mol. The Kier molecular flexibility index (Phi) is 5.30. The lowest BCUT2D eigenvalue weighted by atomic mass is 10.2. The minimum Gasteiger partial charge on any atom is -1.00 e. The fourth-order valence-corrected chi connectivity index (χ4v) is 2.47. The summed E-state index contributed by atoms with van der Waals surface area (Å²) in [7, 11) is 2.01. The smallest absolute Gasteiger partial charge is 0.280 e. The quantitative estimate of drug-likeness (QED) is 0.589. The van der Waals surface area contributed by atoms with Crippen molar-refractivity contribution in [2.75, 3.05) is 32.1 Å². The maximum absolute atomic E-state index is 11.8. The highest BCUT2D eigenvalue weighted by Crippen LogP contribution is 2.24. The molecule has 0 saturated carbocycles. The maximum Gasteiger partial charge on any atom is 0.280 e. The number of carbonyl (C=O) groups is 1. The molecule has 0 radical (unpaired) electrons. The van der Waals surface area contributed by atoms with Gasteiger partial charge in [-0.1, -0.05) is 5.16 Å². The van der Waals surface area contributed by atoms with Crippen LogP contribution in [0.25, 0.3) is 0 Å². The first kappa shape index (κ1) is 15.1. The normalized spacial score (nSPS) is 26.7. The minimum atomic E-state index is -0.0956. The number of aliphatic hydroxyl groups excluding tert-OH is 1. The Balaban J connectivity index is 0.00000162. The van der Waals surface area contributed by atoms with Gasteiger partial charge in [-0.15, -0.1) is 0 Å². The van der Waals surface area contributed by atoms with E-state index in [4.69, 9.17) is 0 Å². The summed E-state index contributed by atoms with van der Waals surface area (Å²) >= 11 is 0. The van der Waals surface area contributed by atoms with E-state index in [2.05, 4.69) is 15.0 Å². The molecule has 1 aromatic heterocycles. The molecule has 6 nitrogen and oxygen atoms in total. The van der Waals surface area contributed by atoms with E-state index in [9.17, 15) is 9.90 Å². The third-order valence-corrected chi connectivity index (χ3v) is 3.51. The highest BCUT2D eigenvalue weighted by atomic mass is 79.9. The molecule has 0 spiro atoms. The minimum absolute atomic E-state index is 0. The van der Waals surface area contributed by atoms with E-state index in [1.54, 1.807) is 6.07 Å². The molecule has 1 saturated heterocycles. The number of nitrogens with zero attached hydrogens (tertiary/aromatic N) is 2. The summed E-state index contributed by atoms with van der Waals surface area (Å²) in [4.78, 5) is 11.8. The first-order valence-corrected chi connectivity index (χ1v) is 5.79. The van der Waals surface area contributed by atoms with Crippen molar-refractivity contribution in [2.24, 2.45) is 0 Å². The zero-order chi connectivity index (χ0) is 12.3. The lowest BCUT2D eigenvalue weighted by Crippen LogP contribution is -3.00. The Hall–Kier alpha value is -0.920. The van der Waals surface area contributed by atoms with Gasteiger partial charge in [-0.25, -0.2) is 0 Å². The lowest BCUT2D eigenvalue weighted by molar-refractivity contribution is -0.913. The molecule has 2 atom stereocenters. The van der Waals surface area contributed by atoms with Crippen LogP contribution in [0.1, 0.15) is 12.8 Å². The summed E-state index contributed by atoms with van der Waals surface area (Å²) in [6.07, 6.45) is 3.45. The monoisotopic (exact) mass is 319 g/mol. The van der Waals surface area contributed by atoms with Gasteiger partial charge in [0.15, 0.2) is 12.4 Å². The third kappa shape index (κ3) is 3.30. The van der Waals surface area contributed by atoms with Crippen LogP contribution in [0.3, 0.4) is 0 Å². The Morgan fingerprint density at radius 1 is 1.72 bits per heavy atom. The van der Waals surface area contributed by atoms with Gasteiger partial charge in [-0.2, -0.15) is 0 Å². The van der Waals surface area contributed by atoms with Gasteiger partial charge >= 0.3 is 0 Å². The average molecular weight is 320 g/mol. The number of halogens is 1. The number of aromatic nitrogens is 1. The van der Waals surface area contributed by atoms with E-state index in [0.717, 1.165) is 19.4 Å². The molecule has 7 heteroatoms. The molecule has 2 unspecified atom stereocenters. The first-order chi connectivity index (χ1) is 8.14. The van der Waals surface area contributed by atoms with Gasteiger partial charge < -0.3 is 36.4 Å². The van der Waals surface area contributed by atoms with Crippen LogP contribution in [0.2, 0.25) is 0 Å². The predicted octanol–water partition coefficient (Wildman–Crippen LogP) is -2.78. The second kappa shape index (κ2) is 6.31. The summed E-state index contributed by atoms with van der Waals surface area (Å²) in [5.41, 5.74) is 0. The molecule has 2 rings (SSSR count). The van der Waals surface area contributed by atoms with Crippen molar-refractivity contribution < 1.29 is 35.9 Å². The number of rotatable bonds is 4. The zero-order valence-corrected chi connectivity index (χ0v) is 11.9. The molecule has 1 aliphatic heterocycles. The average Bonchev–Trinajstić information content (AvgIpc) is 2.87. The molecule has 1 aliphatic rings. The number of carbonyl (C=O) groups excluding carboxylic acids is 1. The third-order valence-electron chi connectivity index (χ3n) is 3.51. The number of likely N-dealkylation sites (tertiary alicyclic amines) is 1. The number of hydrogen-bond acceptors (Lipinski definition) is 4. The molecule has 102 valence electrons. The maximum atomic E-state index is 11.8. The van der Waals surface area contributed by atoms with Crippen molar-refractivity contribution in [3.63, 3.8) is 0 Å². The van der Waals surface area contributed by atoms with E-state index < -0.39 is 0 Å².